The molecule has 0 spiro atoms. The Morgan fingerprint density at radius 3 is 2.14 bits per heavy atom. The van der Waals surface area contributed by atoms with Gasteiger partial charge in [-0.3, -0.25) is 4.79 Å². The van der Waals surface area contributed by atoms with Gasteiger partial charge in [0.2, 0.25) is 5.91 Å². The molecule has 3 amide bonds. The Morgan fingerprint density at radius 1 is 0.964 bits per heavy atom. The monoisotopic (exact) mass is 425 g/mol. The van der Waals surface area contributed by atoms with Crippen molar-refractivity contribution in [2.45, 2.75) is 70.4 Å². The molecule has 0 aromatic heterocycles. The van der Waals surface area contributed by atoms with E-state index in [9.17, 15) is 9.59 Å². The predicted molar refractivity (Wildman–Crippen MR) is 114 cm³/mol. The number of likely N-dealkylation sites (tertiary alicyclic amines) is 1. The van der Waals surface area contributed by atoms with E-state index in [1.54, 1.807) is 25.1 Å². The molecule has 2 fully saturated rings. The van der Waals surface area contributed by atoms with Gasteiger partial charge in [0, 0.05) is 37.8 Å². The third kappa shape index (κ3) is 5.32. The van der Waals surface area contributed by atoms with Crippen LogP contribution < -0.4 is 5.32 Å². The summed E-state index contributed by atoms with van der Waals surface area (Å²) in [4.78, 5) is 28.9. The maximum Gasteiger partial charge on any atom is 0.322 e. The van der Waals surface area contributed by atoms with Gasteiger partial charge in [-0.15, -0.1) is 0 Å². The Kier molecular flexibility index (Phi) is 7.47. The van der Waals surface area contributed by atoms with Crippen LogP contribution in [0.15, 0.2) is 18.2 Å². The molecule has 1 saturated heterocycles. The number of piperidine rings is 1. The van der Waals surface area contributed by atoms with Crippen LogP contribution in [0.5, 0.6) is 0 Å². The number of amides is 3. The molecule has 0 unspecified atom stereocenters. The summed E-state index contributed by atoms with van der Waals surface area (Å²) in [5, 5.41) is 3.92. The van der Waals surface area contributed by atoms with E-state index in [1.165, 1.54) is 12.8 Å². The quantitative estimate of drug-likeness (QED) is 0.644. The van der Waals surface area contributed by atoms with Gasteiger partial charge in [0.1, 0.15) is 0 Å². The summed E-state index contributed by atoms with van der Waals surface area (Å²) >= 11 is 12.1. The van der Waals surface area contributed by atoms with Gasteiger partial charge in [0.25, 0.3) is 0 Å². The summed E-state index contributed by atoms with van der Waals surface area (Å²) < 4.78 is 0. The van der Waals surface area contributed by atoms with Crippen molar-refractivity contribution in [2.75, 3.05) is 18.4 Å². The molecule has 1 aromatic carbocycles. The summed E-state index contributed by atoms with van der Waals surface area (Å²) in [6.07, 6.45) is 8.53. The molecular formula is C21H29Cl2N3O2. The highest BCUT2D eigenvalue weighted by molar-refractivity contribution is 6.42. The van der Waals surface area contributed by atoms with E-state index in [2.05, 4.69) is 10.2 Å². The topological polar surface area (TPSA) is 52.7 Å². The minimum absolute atomic E-state index is 0.0773. The van der Waals surface area contributed by atoms with Crippen molar-refractivity contribution in [1.29, 1.82) is 0 Å². The molecule has 5 nitrogen and oxygen atoms in total. The van der Waals surface area contributed by atoms with Crippen LogP contribution >= 0.6 is 23.2 Å². The fourth-order valence-electron chi connectivity index (χ4n) is 4.39. The fourth-order valence-corrected chi connectivity index (χ4v) is 4.68. The van der Waals surface area contributed by atoms with E-state index < -0.39 is 0 Å². The Hall–Kier alpha value is -1.46. The van der Waals surface area contributed by atoms with Gasteiger partial charge in [-0.05, 0) is 43.9 Å². The maximum absolute atomic E-state index is 13.3. The van der Waals surface area contributed by atoms with Gasteiger partial charge in [0.05, 0.1) is 10.0 Å². The molecule has 7 heteroatoms. The number of nitrogens with one attached hydrogen (secondary N) is 1. The molecule has 28 heavy (non-hydrogen) atoms. The third-order valence-electron chi connectivity index (χ3n) is 5.93. The lowest BCUT2D eigenvalue weighted by atomic mass is 9.98. The van der Waals surface area contributed by atoms with E-state index in [1.807, 2.05) is 4.90 Å². The van der Waals surface area contributed by atoms with Crippen LogP contribution in [0.4, 0.5) is 10.5 Å². The number of carbonyl (C=O) groups is 2. The highest BCUT2D eigenvalue weighted by Gasteiger charge is 2.34. The second kappa shape index (κ2) is 9.84. The van der Waals surface area contributed by atoms with Crippen LogP contribution in [0.2, 0.25) is 10.0 Å². The third-order valence-corrected chi connectivity index (χ3v) is 6.67. The van der Waals surface area contributed by atoms with Crippen LogP contribution in [-0.4, -0.2) is 46.9 Å². The van der Waals surface area contributed by atoms with E-state index in [-0.39, 0.29) is 24.0 Å². The molecule has 3 rings (SSSR count). The minimum atomic E-state index is -0.0773. The first-order valence-corrected chi connectivity index (χ1v) is 11.0. The Bertz CT molecular complexity index is 697. The average Bonchev–Trinajstić information content (AvgIpc) is 2.95. The summed E-state index contributed by atoms with van der Waals surface area (Å²) in [6.45, 7) is 3.03. The Morgan fingerprint density at radius 2 is 1.57 bits per heavy atom. The highest BCUT2D eigenvalue weighted by Crippen LogP contribution is 2.29. The molecule has 2 aliphatic rings. The number of hydrogen-bond acceptors (Lipinski definition) is 2. The van der Waals surface area contributed by atoms with Crippen LogP contribution in [0.3, 0.4) is 0 Å². The molecular weight excluding hydrogens is 397 g/mol. The fraction of sp³-hybridized carbons (Fsp3) is 0.619. The molecule has 0 bridgehead atoms. The Balaban J connectivity index is 1.75. The van der Waals surface area contributed by atoms with Crippen molar-refractivity contribution in [1.82, 2.24) is 9.80 Å². The number of nitrogens with zero attached hydrogens (tertiary/aromatic N) is 2. The van der Waals surface area contributed by atoms with Gasteiger partial charge < -0.3 is 15.1 Å². The number of hydrogen-bond donors (Lipinski definition) is 1. The number of halogens is 2. The van der Waals surface area contributed by atoms with Crippen molar-refractivity contribution >= 4 is 40.8 Å². The molecule has 1 heterocycles. The largest absolute Gasteiger partial charge is 0.343 e. The number of carbonyl (C=O) groups excluding carboxylic acids is 2. The maximum atomic E-state index is 13.3. The first-order chi connectivity index (χ1) is 13.5. The van der Waals surface area contributed by atoms with Gasteiger partial charge in [-0.2, -0.15) is 0 Å². The molecule has 1 N–H and O–H groups in total. The van der Waals surface area contributed by atoms with Gasteiger partial charge in [0.15, 0.2) is 0 Å². The highest BCUT2D eigenvalue weighted by atomic mass is 35.5. The number of benzene rings is 1. The summed E-state index contributed by atoms with van der Waals surface area (Å²) in [5.74, 6) is 0.111. The molecule has 0 radical (unpaired) electrons. The van der Waals surface area contributed by atoms with Crippen LogP contribution in [0.1, 0.15) is 58.3 Å². The van der Waals surface area contributed by atoms with E-state index in [0.717, 1.165) is 38.5 Å². The predicted octanol–water partition coefficient (Wildman–Crippen LogP) is 5.56. The SMILES string of the molecule is CC(=O)N1CCC(N(C(=O)Nc2ccc(Cl)c(Cl)c2)C2CCCCCC2)CC1. The number of anilines is 1. The van der Waals surface area contributed by atoms with Crippen molar-refractivity contribution in [3.63, 3.8) is 0 Å². The van der Waals surface area contributed by atoms with Crippen LogP contribution in [0, 0.1) is 0 Å². The minimum Gasteiger partial charge on any atom is -0.343 e. The average molecular weight is 426 g/mol. The summed E-state index contributed by atoms with van der Waals surface area (Å²) in [7, 11) is 0. The Labute approximate surface area is 177 Å². The molecule has 154 valence electrons. The normalized spacial score (nSPS) is 19.2. The van der Waals surface area contributed by atoms with Crippen molar-refractivity contribution in [3.8, 4) is 0 Å². The molecule has 1 aliphatic heterocycles. The number of rotatable bonds is 3. The molecule has 1 aliphatic carbocycles. The molecule has 1 saturated carbocycles. The van der Waals surface area contributed by atoms with E-state index >= 15 is 0 Å². The van der Waals surface area contributed by atoms with Crippen LogP contribution in [-0.2, 0) is 4.79 Å². The first-order valence-electron chi connectivity index (χ1n) is 10.3. The molecule has 1 aromatic rings. The zero-order chi connectivity index (χ0) is 20.1. The lowest BCUT2D eigenvalue weighted by Crippen LogP contribution is -2.53. The second-order valence-corrected chi connectivity index (χ2v) is 8.66. The van der Waals surface area contributed by atoms with Crippen molar-refractivity contribution < 1.29 is 9.59 Å². The lowest BCUT2D eigenvalue weighted by molar-refractivity contribution is -0.130. The number of urea groups is 1. The standard InChI is InChI=1S/C21H29Cl2N3O2/c1-15(27)25-12-10-18(11-13-25)26(17-6-4-2-3-5-7-17)21(28)24-16-8-9-19(22)20(23)14-16/h8-9,14,17-18H,2-7,10-13H2,1H3,(H,24,28). The van der Waals surface area contributed by atoms with Crippen LogP contribution in [0.25, 0.3) is 0 Å². The van der Waals surface area contributed by atoms with E-state index in [4.69, 9.17) is 23.2 Å². The first kappa shape index (κ1) is 21.3. The van der Waals surface area contributed by atoms with Crippen molar-refractivity contribution in [2.24, 2.45) is 0 Å². The van der Waals surface area contributed by atoms with Gasteiger partial charge >= 0.3 is 6.03 Å². The second-order valence-electron chi connectivity index (χ2n) is 7.85. The van der Waals surface area contributed by atoms with E-state index in [0.29, 0.717) is 28.8 Å². The zero-order valence-corrected chi connectivity index (χ0v) is 17.9. The van der Waals surface area contributed by atoms with Gasteiger partial charge in [-0.1, -0.05) is 48.9 Å². The molecule has 0 atom stereocenters. The zero-order valence-electron chi connectivity index (χ0n) is 16.4. The lowest BCUT2D eigenvalue weighted by Gasteiger charge is -2.42. The van der Waals surface area contributed by atoms with Crippen molar-refractivity contribution in [3.05, 3.63) is 28.2 Å². The van der Waals surface area contributed by atoms with Gasteiger partial charge in [-0.25, -0.2) is 4.79 Å². The summed E-state index contributed by atoms with van der Waals surface area (Å²) in [6, 6.07) is 5.48. The smallest absolute Gasteiger partial charge is 0.322 e. The summed E-state index contributed by atoms with van der Waals surface area (Å²) in [5.41, 5.74) is 0.652.